The van der Waals surface area contributed by atoms with Gasteiger partial charge in [-0.3, -0.25) is 0 Å². The Morgan fingerprint density at radius 2 is 1.82 bits per heavy atom. The fraction of sp³-hybridized carbons (Fsp3) is 0.333. The van der Waals surface area contributed by atoms with Crippen LogP contribution >= 0.6 is 11.3 Å². The van der Waals surface area contributed by atoms with Gasteiger partial charge < -0.3 is 9.84 Å². The standard InChI is InChI=1S/C10H9NO2S.C2H6O/c1-5-3-4-6(2)8-7(5)11-9(14-8)10(12)13;1-3-2/h3-4H,1-2H3,(H,12,13);1-2H3. The molecule has 17 heavy (non-hydrogen) atoms. The summed E-state index contributed by atoms with van der Waals surface area (Å²) in [5.41, 5.74) is 2.91. The van der Waals surface area contributed by atoms with E-state index < -0.39 is 5.97 Å². The van der Waals surface area contributed by atoms with Crippen molar-refractivity contribution in [3.05, 3.63) is 28.3 Å². The Kier molecular flexibility index (Phi) is 4.60. The second kappa shape index (κ2) is 5.75. The molecule has 1 N–H and O–H groups in total. The summed E-state index contributed by atoms with van der Waals surface area (Å²) >= 11 is 1.24. The number of ether oxygens (including phenoxy) is 1. The van der Waals surface area contributed by atoms with Crippen LogP contribution in [0.1, 0.15) is 20.9 Å². The summed E-state index contributed by atoms with van der Waals surface area (Å²) in [6, 6.07) is 3.95. The Balaban J connectivity index is 0.000000437. The average molecular weight is 253 g/mol. The number of aromatic nitrogens is 1. The van der Waals surface area contributed by atoms with Crippen LogP contribution in [0.15, 0.2) is 12.1 Å². The van der Waals surface area contributed by atoms with Gasteiger partial charge in [0.15, 0.2) is 0 Å². The Morgan fingerprint density at radius 1 is 1.29 bits per heavy atom. The largest absolute Gasteiger partial charge is 0.476 e. The number of hydrogen-bond acceptors (Lipinski definition) is 4. The van der Waals surface area contributed by atoms with Crippen LogP contribution in [-0.4, -0.2) is 30.3 Å². The monoisotopic (exact) mass is 253 g/mol. The van der Waals surface area contributed by atoms with E-state index in [1.165, 1.54) is 11.3 Å². The van der Waals surface area contributed by atoms with E-state index in [0.29, 0.717) is 0 Å². The van der Waals surface area contributed by atoms with Crippen molar-refractivity contribution in [3.8, 4) is 0 Å². The normalized spacial score (nSPS) is 9.88. The summed E-state index contributed by atoms with van der Waals surface area (Å²) in [6.07, 6.45) is 0. The van der Waals surface area contributed by atoms with E-state index in [2.05, 4.69) is 9.72 Å². The van der Waals surface area contributed by atoms with E-state index in [0.717, 1.165) is 21.3 Å². The fourth-order valence-electron chi connectivity index (χ4n) is 1.35. The van der Waals surface area contributed by atoms with Gasteiger partial charge in [0.05, 0.1) is 10.2 Å². The van der Waals surface area contributed by atoms with Crippen LogP contribution in [0.3, 0.4) is 0 Å². The molecule has 0 saturated carbocycles. The van der Waals surface area contributed by atoms with Crippen LogP contribution in [0.2, 0.25) is 0 Å². The molecule has 0 unspecified atom stereocenters. The average Bonchev–Trinajstić information content (AvgIpc) is 2.71. The number of thiazole rings is 1. The molecular weight excluding hydrogens is 238 g/mol. The maximum absolute atomic E-state index is 10.7. The van der Waals surface area contributed by atoms with Gasteiger partial charge in [-0.2, -0.15) is 0 Å². The lowest BCUT2D eigenvalue weighted by molar-refractivity contribution is 0.0696. The zero-order valence-electron chi connectivity index (χ0n) is 10.3. The molecule has 5 heteroatoms. The number of carboxylic acids is 1. The van der Waals surface area contributed by atoms with Crippen molar-refractivity contribution in [1.82, 2.24) is 4.98 Å². The lowest BCUT2D eigenvalue weighted by Gasteiger charge is -1.96. The molecule has 0 atom stereocenters. The van der Waals surface area contributed by atoms with Crippen LogP contribution < -0.4 is 0 Å². The lowest BCUT2D eigenvalue weighted by atomic mass is 10.1. The minimum Gasteiger partial charge on any atom is -0.476 e. The molecule has 1 aromatic heterocycles. The number of rotatable bonds is 1. The molecule has 0 aliphatic rings. The predicted octanol–water partition coefficient (Wildman–Crippen LogP) is 2.87. The molecule has 0 spiro atoms. The molecule has 0 aliphatic heterocycles. The van der Waals surface area contributed by atoms with Gasteiger partial charge >= 0.3 is 5.97 Å². The maximum Gasteiger partial charge on any atom is 0.365 e. The lowest BCUT2D eigenvalue weighted by Crippen LogP contribution is -1.93. The molecular formula is C12H15NO3S. The summed E-state index contributed by atoms with van der Waals surface area (Å²) in [7, 11) is 3.25. The fourth-order valence-corrected chi connectivity index (χ4v) is 2.30. The molecule has 92 valence electrons. The topological polar surface area (TPSA) is 59.4 Å². The summed E-state index contributed by atoms with van der Waals surface area (Å²) in [4.78, 5) is 14.8. The minimum absolute atomic E-state index is 0.164. The molecule has 4 nitrogen and oxygen atoms in total. The van der Waals surface area contributed by atoms with Crippen molar-refractivity contribution in [3.63, 3.8) is 0 Å². The van der Waals surface area contributed by atoms with Crippen molar-refractivity contribution in [2.45, 2.75) is 13.8 Å². The van der Waals surface area contributed by atoms with E-state index >= 15 is 0 Å². The summed E-state index contributed by atoms with van der Waals surface area (Å²) in [5.74, 6) is -0.954. The van der Waals surface area contributed by atoms with Crippen molar-refractivity contribution < 1.29 is 14.6 Å². The van der Waals surface area contributed by atoms with Crippen LogP contribution in [0, 0.1) is 13.8 Å². The van der Waals surface area contributed by atoms with Crippen molar-refractivity contribution in [1.29, 1.82) is 0 Å². The van der Waals surface area contributed by atoms with Gasteiger partial charge in [-0.25, -0.2) is 9.78 Å². The Morgan fingerprint density at radius 3 is 2.29 bits per heavy atom. The van der Waals surface area contributed by atoms with Gasteiger partial charge in [-0.1, -0.05) is 12.1 Å². The van der Waals surface area contributed by atoms with Gasteiger partial charge in [0.1, 0.15) is 0 Å². The van der Waals surface area contributed by atoms with Gasteiger partial charge in [-0.05, 0) is 25.0 Å². The minimum atomic E-state index is -0.954. The second-order valence-electron chi connectivity index (χ2n) is 3.61. The highest BCUT2D eigenvalue weighted by Crippen LogP contribution is 2.27. The number of aromatic carboxylic acids is 1. The molecule has 1 heterocycles. The third kappa shape index (κ3) is 3.01. The predicted molar refractivity (Wildman–Crippen MR) is 69.0 cm³/mol. The Labute approximate surface area is 104 Å². The molecule has 0 radical (unpaired) electrons. The molecule has 0 fully saturated rings. The summed E-state index contributed by atoms with van der Waals surface area (Å²) in [6.45, 7) is 3.90. The first-order valence-electron chi connectivity index (χ1n) is 5.01. The van der Waals surface area contributed by atoms with Crippen molar-refractivity contribution in [2.75, 3.05) is 14.2 Å². The zero-order chi connectivity index (χ0) is 13.0. The highest BCUT2D eigenvalue weighted by molar-refractivity contribution is 7.20. The first-order chi connectivity index (χ1) is 8.01. The van der Waals surface area contributed by atoms with Gasteiger partial charge in [0, 0.05) is 14.2 Å². The van der Waals surface area contributed by atoms with Crippen LogP contribution in [0.4, 0.5) is 0 Å². The van der Waals surface area contributed by atoms with Crippen molar-refractivity contribution >= 4 is 27.5 Å². The Hall–Kier alpha value is -1.46. The van der Waals surface area contributed by atoms with E-state index in [-0.39, 0.29) is 5.01 Å². The number of hydrogen-bond donors (Lipinski definition) is 1. The molecule has 0 amide bonds. The first-order valence-corrected chi connectivity index (χ1v) is 5.83. The number of aryl methyl sites for hydroxylation is 2. The van der Waals surface area contributed by atoms with Crippen molar-refractivity contribution in [2.24, 2.45) is 0 Å². The second-order valence-corrected chi connectivity index (χ2v) is 4.61. The van der Waals surface area contributed by atoms with E-state index in [1.54, 1.807) is 14.2 Å². The number of methoxy groups -OCH3 is 1. The number of carbonyl (C=O) groups is 1. The highest BCUT2D eigenvalue weighted by Gasteiger charge is 2.12. The third-order valence-electron chi connectivity index (χ3n) is 2.13. The van der Waals surface area contributed by atoms with Gasteiger partial charge in [-0.15, -0.1) is 11.3 Å². The summed E-state index contributed by atoms with van der Waals surface area (Å²) < 4.78 is 5.22. The van der Waals surface area contributed by atoms with Gasteiger partial charge in [0.25, 0.3) is 0 Å². The van der Waals surface area contributed by atoms with Crippen LogP contribution in [0.5, 0.6) is 0 Å². The molecule has 2 rings (SSSR count). The molecule has 0 saturated heterocycles. The molecule has 2 aromatic rings. The van der Waals surface area contributed by atoms with Gasteiger partial charge in [0.2, 0.25) is 5.01 Å². The zero-order valence-corrected chi connectivity index (χ0v) is 11.1. The molecule has 0 bridgehead atoms. The smallest absolute Gasteiger partial charge is 0.365 e. The van der Waals surface area contributed by atoms with E-state index in [1.807, 2.05) is 26.0 Å². The number of benzene rings is 1. The number of fused-ring (bicyclic) bond motifs is 1. The van der Waals surface area contributed by atoms with Crippen LogP contribution in [0.25, 0.3) is 10.2 Å². The first kappa shape index (κ1) is 13.6. The van der Waals surface area contributed by atoms with E-state index in [4.69, 9.17) is 5.11 Å². The van der Waals surface area contributed by atoms with E-state index in [9.17, 15) is 4.79 Å². The third-order valence-corrected chi connectivity index (χ3v) is 3.30. The van der Waals surface area contributed by atoms with Crippen LogP contribution in [-0.2, 0) is 4.74 Å². The molecule has 0 aliphatic carbocycles. The maximum atomic E-state index is 10.7. The number of nitrogens with zero attached hydrogens (tertiary/aromatic N) is 1. The summed E-state index contributed by atoms with van der Waals surface area (Å²) in [5, 5.41) is 8.98. The number of carboxylic acid groups (broad SMARTS) is 1. The SMILES string of the molecule is COC.Cc1ccc(C)c2sc(C(=O)O)nc12. The highest BCUT2D eigenvalue weighted by atomic mass is 32.1. The quantitative estimate of drug-likeness (QED) is 0.849. The Bertz CT molecular complexity index is 495. The molecule has 1 aromatic carbocycles.